The number of piperidine rings is 1. The molecule has 1 aromatic heterocycles. The third-order valence-corrected chi connectivity index (χ3v) is 3.61. The molecule has 1 fully saturated rings. The molecule has 1 aliphatic heterocycles. The molecule has 2 N–H and O–H groups in total. The van der Waals surface area contributed by atoms with E-state index in [2.05, 4.69) is 15.5 Å². The summed E-state index contributed by atoms with van der Waals surface area (Å²) >= 11 is 11.1. The fourth-order valence-electron chi connectivity index (χ4n) is 2.11. The number of carbonyl (C=O) groups excluding carboxylic acids is 2. The van der Waals surface area contributed by atoms with E-state index < -0.39 is 4.84 Å². The van der Waals surface area contributed by atoms with E-state index >= 15 is 0 Å². The van der Waals surface area contributed by atoms with Crippen molar-refractivity contribution in [2.24, 2.45) is 0 Å². The fraction of sp³-hybridized carbons (Fsp3) is 0.500. The van der Waals surface area contributed by atoms with Gasteiger partial charge < -0.3 is 10.2 Å². The zero-order chi connectivity index (χ0) is 15.4. The predicted molar refractivity (Wildman–Crippen MR) is 77.4 cm³/mol. The number of carbonyl (C=O) groups is 2. The van der Waals surface area contributed by atoms with Gasteiger partial charge in [-0.15, -0.1) is 0 Å². The van der Waals surface area contributed by atoms with Gasteiger partial charge in [0.1, 0.15) is 5.69 Å². The Morgan fingerprint density at radius 1 is 1.33 bits per heavy atom. The lowest BCUT2D eigenvalue weighted by atomic mass is 10.0. The van der Waals surface area contributed by atoms with Crippen molar-refractivity contribution in [2.75, 3.05) is 13.1 Å². The first kappa shape index (κ1) is 15.8. The molecule has 0 aromatic carbocycles. The standard InChI is InChI=1S/C12H14Cl2N4O3/c13-10(14)12(21)18-5-3-7(4-6-18)15-11(20)8-1-2-9(19)17-16-8/h1-2,7,10H,3-6H2,(H,15,20)(H,17,19). The zero-order valence-electron chi connectivity index (χ0n) is 11.0. The molecular weight excluding hydrogens is 319 g/mol. The first-order valence-corrected chi connectivity index (χ1v) is 7.28. The number of H-pyrrole nitrogens is 1. The van der Waals surface area contributed by atoms with Crippen molar-refractivity contribution in [3.8, 4) is 0 Å². The van der Waals surface area contributed by atoms with Crippen LogP contribution < -0.4 is 10.9 Å². The van der Waals surface area contributed by atoms with E-state index in [0.29, 0.717) is 25.9 Å². The minimum absolute atomic E-state index is 0.0561. The summed E-state index contributed by atoms with van der Waals surface area (Å²) in [6.45, 7) is 0.970. The second-order valence-electron chi connectivity index (χ2n) is 4.68. The summed E-state index contributed by atoms with van der Waals surface area (Å²) in [5.41, 5.74) is -0.218. The smallest absolute Gasteiger partial charge is 0.271 e. The number of halogens is 2. The Balaban J connectivity index is 1.86. The van der Waals surface area contributed by atoms with Gasteiger partial charge in [0.2, 0.25) is 0 Å². The lowest BCUT2D eigenvalue weighted by molar-refractivity contribution is -0.130. The third-order valence-electron chi connectivity index (χ3n) is 3.24. The van der Waals surface area contributed by atoms with E-state index in [1.165, 1.54) is 12.1 Å². The quantitative estimate of drug-likeness (QED) is 0.778. The number of amides is 2. The van der Waals surface area contributed by atoms with Gasteiger partial charge in [-0.2, -0.15) is 5.10 Å². The molecule has 0 aliphatic carbocycles. The highest BCUT2D eigenvalue weighted by molar-refractivity contribution is 6.53. The Labute approximate surface area is 130 Å². The lowest BCUT2D eigenvalue weighted by Crippen LogP contribution is -2.48. The van der Waals surface area contributed by atoms with Gasteiger partial charge in [0.25, 0.3) is 17.4 Å². The third kappa shape index (κ3) is 4.18. The lowest BCUT2D eigenvalue weighted by Gasteiger charge is -2.32. The van der Waals surface area contributed by atoms with Crippen molar-refractivity contribution in [2.45, 2.75) is 23.7 Å². The highest BCUT2D eigenvalue weighted by atomic mass is 35.5. The van der Waals surface area contributed by atoms with Crippen molar-refractivity contribution in [1.29, 1.82) is 0 Å². The van der Waals surface area contributed by atoms with Gasteiger partial charge in [-0.3, -0.25) is 14.4 Å². The van der Waals surface area contributed by atoms with Gasteiger partial charge in [-0.1, -0.05) is 23.2 Å². The highest BCUT2D eigenvalue weighted by Gasteiger charge is 2.27. The molecule has 1 saturated heterocycles. The van der Waals surface area contributed by atoms with Gasteiger partial charge in [-0.05, 0) is 18.9 Å². The molecule has 0 saturated carbocycles. The van der Waals surface area contributed by atoms with Crippen LogP contribution in [0.2, 0.25) is 0 Å². The minimum atomic E-state index is -1.05. The van der Waals surface area contributed by atoms with Gasteiger partial charge in [0.05, 0.1) is 0 Å². The Bertz CT molecular complexity index is 562. The molecule has 9 heteroatoms. The second kappa shape index (κ2) is 6.91. The van der Waals surface area contributed by atoms with Crippen LogP contribution in [0.15, 0.2) is 16.9 Å². The van der Waals surface area contributed by atoms with Gasteiger partial charge in [0.15, 0.2) is 4.84 Å². The molecule has 0 unspecified atom stereocenters. The SMILES string of the molecule is O=C(NC1CCN(C(=O)C(Cl)Cl)CC1)c1ccc(=O)[nH]n1. The molecule has 0 radical (unpaired) electrons. The molecule has 0 atom stereocenters. The van der Waals surface area contributed by atoms with Crippen LogP contribution in [0, 0.1) is 0 Å². The van der Waals surface area contributed by atoms with Crippen LogP contribution in [0.4, 0.5) is 0 Å². The van der Waals surface area contributed by atoms with Gasteiger partial charge in [0, 0.05) is 25.2 Å². The molecule has 1 aliphatic rings. The fourth-order valence-corrected chi connectivity index (χ4v) is 2.39. The summed E-state index contributed by atoms with van der Waals surface area (Å²) in [6, 6.07) is 2.54. The predicted octanol–water partition coefficient (Wildman–Crippen LogP) is 0.294. The van der Waals surface area contributed by atoms with E-state index in [1.54, 1.807) is 4.90 Å². The van der Waals surface area contributed by atoms with E-state index in [-0.39, 0.29) is 29.1 Å². The number of aromatic amines is 1. The normalized spacial score (nSPS) is 16.0. The van der Waals surface area contributed by atoms with E-state index in [0.717, 1.165) is 0 Å². The Hall–Kier alpha value is -1.60. The van der Waals surface area contributed by atoms with E-state index in [9.17, 15) is 14.4 Å². The molecule has 2 amide bonds. The summed E-state index contributed by atoms with van der Waals surface area (Å²) in [5, 5.41) is 8.68. The average Bonchev–Trinajstić information content (AvgIpc) is 2.47. The number of likely N-dealkylation sites (tertiary alicyclic amines) is 1. The van der Waals surface area contributed by atoms with Crippen molar-refractivity contribution >= 4 is 35.0 Å². The van der Waals surface area contributed by atoms with Gasteiger partial charge >= 0.3 is 0 Å². The molecule has 7 nitrogen and oxygen atoms in total. The number of hydrogen-bond donors (Lipinski definition) is 2. The Morgan fingerprint density at radius 3 is 2.52 bits per heavy atom. The van der Waals surface area contributed by atoms with Crippen molar-refractivity contribution in [1.82, 2.24) is 20.4 Å². The maximum Gasteiger partial charge on any atom is 0.271 e. The van der Waals surface area contributed by atoms with Crippen LogP contribution in [0.5, 0.6) is 0 Å². The summed E-state index contributed by atoms with van der Waals surface area (Å²) in [7, 11) is 0. The number of aromatic nitrogens is 2. The average molecular weight is 333 g/mol. The first-order chi connectivity index (χ1) is 9.97. The number of hydrogen-bond acceptors (Lipinski definition) is 4. The van der Waals surface area contributed by atoms with E-state index in [1.807, 2.05) is 0 Å². The number of nitrogens with zero attached hydrogens (tertiary/aromatic N) is 2. The second-order valence-corrected chi connectivity index (χ2v) is 5.78. The maximum atomic E-state index is 11.9. The largest absolute Gasteiger partial charge is 0.348 e. The molecule has 0 bridgehead atoms. The molecule has 0 spiro atoms. The number of nitrogens with one attached hydrogen (secondary N) is 2. The molecular formula is C12H14Cl2N4O3. The summed E-state index contributed by atoms with van der Waals surface area (Å²) in [5.74, 6) is -0.672. The topological polar surface area (TPSA) is 95.2 Å². The summed E-state index contributed by atoms with van der Waals surface area (Å²) in [4.78, 5) is 34.9. The number of rotatable bonds is 3. The molecule has 21 heavy (non-hydrogen) atoms. The summed E-state index contributed by atoms with van der Waals surface area (Å²) < 4.78 is 0. The molecule has 1 aromatic rings. The van der Waals surface area contributed by atoms with E-state index in [4.69, 9.17) is 23.2 Å². The van der Waals surface area contributed by atoms with Crippen molar-refractivity contribution < 1.29 is 9.59 Å². The number of alkyl halides is 2. The maximum absolute atomic E-state index is 11.9. The zero-order valence-corrected chi connectivity index (χ0v) is 12.5. The van der Waals surface area contributed by atoms with Crippen LogP contribution in [0.3, 0.4) is 0 Å². The highest BCUT2D eigenvalue weighted by Crippen LogP contribution is 2.15. The van der Waals surface area contributed by atoms with Crippen LogP contribution in [0.25, 0.3) is 0 Å². The summed E-state index contributed by atoms with van der Waals surface area (Å²) in [6.07, 6.45) is 1.22. The minimum Gasteiger partial charge on any atom is -0.348 e. The monoisotopic (exact) mass is 332 g/mol. The van der Waals surface area contributed by atoms with Crippen LogP contribution in [-0.4, -0.2) is 50.9 Å². The Kier molecular flexibility index (Phi) is 5.19. The van der Waals surface area contributed by atoms with Crippen molar-refractivity contribution in [3.63, 3.8) is 0 Å². The molecule has 2 heterocycles. The van der Waals surface area contributed by atoms with Crippen molar-refractivity contribution in [3.05, 3.63) is 28.2 Å². The first-order valence-electron chi connectivity index (χ1n) is 6.41. The van der Waals surface area contributed by atoms with Crippen LogP contribution in [-0.2, 0) is 4.79 Å². The van der Waals surface area contributed by atoms with Gasteiger partial charge in [-0.25, -0.2) is 5.10 Å². The Morgan fingerprint density at radius 2 is 2.00 bits per heavy atom. The molecule has 114 valence electrons. The van der Waals surface area contributed by atoms with Crippen LogP contribution >= 0.6 is 23.2 Å². The molecule has 2 rings (SSSR count). The van der Waals surface area contributed by atoms with Crippen LogP contribution in [0.1, 0.15) is 23.3 Å².